The van der Waals surface area contributed by atoms with E-state index in [1.54, 1.807) is 11.1 Å². The molecule has 0 bridgehead atoms. The highest BCUT2D eigenvalue weighted by Gasteiger charge is 2.55. The Balaban J connectivity index is 0.962. The van der Waals surface area contributed by atoms with E-state index in [2.05, 4.69) is 74.1 Å². The van der Waals surface area contributed by atoms with Gasteiger partial charge in [-0.05, 0) is 82.5 Å². The largest absolute Gasteiger partial charge is 0.453 e. The summed E-state index contributed by atoms with van der Waals surface area (Å²) in [5.74, 6) is 0.629. The molecule has 1 saturated carbocycles. The van der Waals surface area contributed by atoms with Crippen LogP contribution >= 0.6 is 0 Å². The molecule has 2 saturated heterocycles. The number of hydrogen-bond donors (Lipinski definition) is 5. The molecular formula is C47H55N9O6. The summed E-state index contributed by atoms with van der Waals surface area (Å²) >= 11 is 0. The van der Waals surface area contributed by atoms with Crippen LogP contribution in [0.25, 0.3) is 44.4 Å². The number of amides is 4. The van der Waals surface area contributed by atoms with Gasteiger partial charge in [-0.3, -0.25) is 9.59 Å². The number of fused-ring (bicyclic) bond motifs is 1. The minimum atomic E-state index is -0.774. The number of aromatic nitrogens is 4. The number of likely N-dealkylation sites (tertiary alicyclic amines) is 2. The Morgan fingerprint density at radius 3 is 1.77 bits per heavy atom. The van der Waals surface area contributed by atoms with Crippen LogP contribution in [0, 0.1) is 28.6 Å². The van der Waals surface area contributed by atoms with E-state index in [0.29, 0.717) is 25.3 Å². The molecule has 3 aromatic carbocycles. The van der Waals surface area contributed by atoms with Crippen LogP contribution in [0.5, 0.6) is 0 Å². The van der Waals surface area contributed by atoms with Gasteiger partial charge in [0.2, 0.25) is 11.8 Å². The van der Waals surface area contributed by atoms with Crippen LogP contribution in [0.3, 0.4) is 0 Å². The molecule has 1 spiro atoms. The van der Waals surface area contributed by atoms with Gasteiger partial charge < -0.3 is 45.3 Å². The Hall–Kier alpha value is -6.51. The van der Waals surface area contributed by atoms with Gasteiger partial charge in [0.05, 0.1) is 50.1 Å². The van der Waals surface area contributed by atoms with Gasteiger partial charge >= 0.3 is 12.2 Å². The van der Waals surface area contributed by atoms with Crippen molar-refractivity contribution in [2.75, 3.05) is 27.3 Å². The van der Waals surface area contributed by atoms with Crippen LogP contribution < -0.4 is 10.6 Å². The summed E-state index contributed by atoms with van der Waals surface area (Å²) in [5, 5.41) is 15.5. The number of methoxy groups -OCH3 is 2. The molecule has 1 aliphatic carbocycles. The van der Waals surface area contributed by atoms with E-state index in [0.717, 1.165) is 69.5 Å². The zero-order valence-corrected chi connectivity index (χ0v) is 36.0. The quantitative estimate of drug-likeness (QED) is 0.0790. The molecule has 2 aromatic heterocycles. The Labute approximate surface area is 360 Å². The lowest BCUT2D eigenvalue weighted by Crippen LogP contribution is -2.51. The molecule has 15 heteroatoms. The lowest BCUT2D eigenvalue weighted by molar-refractivity contribution is -0.136. The normalized spacial score (nSPS) is 20.1. The number of aromatic amines is 2. The summed E-state index contributed by atoms with van der Waals surface area (Å²) in [5.41, 5.74) is 5.87. The molecule has 3 fully saturated rings. The number of ether oxygens (including phenoxy) is 2. The van der Waals surface area contributed by atoms with Crippen molar-refractivity contribution in [1.29, 1.82) is 5.41 Å². The van der Waals surface area contributed by atoms with Crippen LogP contribution in [-0.2, 0) is 19.1 Å². The smallest absolute Gasteiger partial charge is 0.407 e. The van der Waals surface area contributed by atoms with Crippen molar-refractivity contribution < 1.29 is 28.7 Å². The van der Waals surface area contributed by atoms with E-state index in [4.69, 9.17) is 19.9 Å². The predicted octanol–water partition coefficient (Wildman–Crippen LogP) is 7.64. The van der Waals surface area contributed by atoms with Gasteiger partial charge in [0.25, 0.3) is 0 Å². The van der Waals surface area contributed by atoms with E-state index in [1.165, 1.54) is 20.4 Å². The first-order chi connectivity index (χ1) is 29.8. The molecule has 3 aliphatic rings. The number of benzene rings is 3. The molecule has 5 N–H and O–H groups in total. The van der Waals surface area contributed by atoms with Gasteiger partial charge in [-0.1, -0.05) is 76.2 Å². The number of alkyl carbamates (subject to hydrolysis) is 2. The average molecular weight is 842 g/mol. The van der Waals surface area contributed by atoms with Gasteiger partial charge in [0, 0.05) is 30.8 Å². The zero-order chi connectivity index (χ0) is 43.9. The highest BCUT2D eigenvalue weighted by molar-refractivity contribution is 5.91. The first-order valence-electron chi connectivity index (χ1n) is 21.4. The summed E-state index contributed by atoms with van der Waals surface area (Å²) in [4.78, 5) is 71.9. The third kappa shape index (κ3) is 8.40. The fraction of sp³-hybridized carbons (Fsp3) is 0.426. The molecule has 15 nitrogen and oxygen atoms in total. The molecule has 0 unspecified atom stereocenters. The van der Waals surface area contributed by atoms with Crippen LogP contribution in [0.2, 0.25) is 0 Å². The second-order valence-electron chi connectivity index (χ2n) is 17.8. The minimum Gasteiger partial charge on any atom is -0.453 e. The topological polar surface area (TPSA) is 198 Å². The number of carbonyl (C=O) groups is 4. The Morgan fingerprint density at radius 1 is 0.726 bits per heavy atom. The van der Waals surface area contributed by atoms with Gasteiger partial charge in [0.1, 0.15) is 23.7 Å². The maximum atomic E-state index is 13.9. The van der Waals surface area contributed by atoms with Crippen molar-refractivity contribution in [3.63, 3.8) is 0 Å². The lowest BCUT2D eigenvalue weighted by atomic mass is 9.98. The SMILES string of the molecule is COC(=O)N[C@H](C(=O)N1C[C@@H](C=N)C[C@H]1c1ncc(-c2ccc(-c3ccc4cc(-c5cnc([C@@H]6CC7(CC7)CN6C(=O)[C@@H](NC(=O)OC)C(C)C)[nH]5)ccc4c3)cc2)[nH]1)C(C)C. The highest BCUT2D eigenvalue weighted by Crippen LogP contribution is 2.58. The zero-order valence-electron chi connectivity index (χ0n) is 36.0. The number of H-pyrrole nitrogens is 2. The van der Waals surface area contributed by atoms with E-state index >= 15 is 0 Å². The summed E-state index contributed by atoms with van der Waals surface area (Å²) < 4.78 is 9.59. The highest BCUT2D eigenvalue weighted by atomic mass is 16.5. The predicted molar refractivity (Wildman–Crippen MR) is 235 cm³/mol. The summed E-state index contributed by atoms with van der Waals surface area (Å²) in [7, 11) is 2.57. The number of hydrogen-bond acceptors (Lipinski definition) is 9. The molecule has 5 aromatic rings. The molecule has 0 radical (unpaired) electrons. The monoisotopic (exact) mass is 841 g/mol. The van der Waals surface area contributed by atoms with Crippen LogP contribution in [0.15, 0.2) is 73.1 Å². The molecule has 2 aliphatic heterocycles. The number of rotatable bonds is 12. The first kappa shape index (κ1) is 42.2. The standard InChI is InChI=1S/C47H55N9O6/c1-26(2)39(53-45(59)61-5)43(57)55-24-28(21-48)17-37(55)41-49-22-35(51-41)30-9-7-29(8-10-30)31-11-12-33-19-34(14-13-32(33)18-31)36-23-50-42(52-36)38-20-47(15-16-47)25-56(38)44(58)40(27(3)4)54-46(60)62-6/h7-14,18-19,21-23,26-28,37-40,48H,15-17,20,24-25H2,1-6H3,(H,49,51)(H,50,52)(H,53,59)(H,54,60)/t28-,37+,38+,39+,40+/m1/s1. The molecule has 324 valence electrons. The minimum absolute atomic E-state index is 0.111. The first-order valence-corrected chi connectivity index (χ1v) is 21.4. The summed E-state index contributed by atoms with van der Waals surface area (Å²) in [6.45, 7) is 8.60. The van der Waals surface area contributed by atoms with E-state index in [-0.39, 0.29) is 47.1 Å². The Bertz CT molecular complexity index is 2490. The Morgan fingerprint density at radius 2 is 1.23 bits per heavy atom. The van der Waals surface area contributed by atoms with E-state index < -0.39 is 24.3 Å². The average Bonchev–Trinajstić information content (AvgIpc) is 3.78. The third-order valence-corrected chi connectivity index (χ3v) is 12.9. The molecule has 8 rings (SSSR count). The van der Waals surface area contributed by atoms with Crippen LogP contribution in [-0.4, -0.2) is 99.3 Å². The summed E-state index contributed by atoms with van der Waals surface area (Å²) in [6, 6.07) is 19.0. The van der Waals surface area contributed by atoms with Crippen LogP contribution in [0.4, 0.5) is 9.59 Å². The van der Waals surface area contributed by atoms with Gasteiger partial charge in [0.15, 0.2) is 0 Å². The van der Waals surface area contributed by atoms with E-state index in [1.807, 2.05) is 50.9 Å². The van der Waals surface area contributed by atoms with Crippen molar-refractivity contribution in [3.8, 4) is 33.6 Å². The number of nitrogens with zero attached hydrogens (tertiary/aromatic N) is 4. The fourth-order valence-corrected chi connectivity index (χ4v) is 9.06. The molecular weight excluding hydrogens is 787 g/mol. The second kappa shape index (κ2) is 17.1. The van der Waals surface area contributed by atoms with Crippen molar-refractivity contribution in [3.05, 3.63) is 84.7 Å². The van der Waals surface area contributed by atoms with Gasteiger partial charge in [-0.2, -0.15) is 0 Å². The molecule has 4 heterocycles. The number of imidazole rings is 2. The lowest BCUT2D eigenvalue weighted by Gasteiger charge is -2.30. The fourth-order valence-electron chi connectivity index (χ4n) is 9.06. The molecule has 62 heavy (non-hydrogen) atoms. The third-order valence-electron chi connectivity index (χ3n) is 12.9. The Kier molecular flexibility index (Phi) is 11.6. The van der Waals surface area contributed by atoms with Crippen molar-refractivity contribution in [1.82, 2.24) is 40.4 Å². The van der Waals surface area contributed by atoms with Crippen molar-refractivity contribution >= 4 is 41.0 Å². The maximum Gasteiger partial charge on any atom is 0.407 e. The summed E-state index contributed by atoms with van der Waals surface area (Å²) in [6.07, 6.45) is 7.25. The van der Waals surface area contributed by atoms with Gasteiger partial charge in [-0.15, -0.1) is 0 Å². The molecule has 5 atom stereocenters. The van der Waals surface area contributed by atoms with Crippen LogP contribution in [0.1, 0.15) is 77.1 Å². The van der Waals surface area contributed by atoms with Crippen molar-refractivity contribution in [2.45, 2.75) is 77.5 Å². The maximum absolute atomic E-state index is 13.9. The number of nitrogens with one attached hydrogen (secondary N) is 5. The number of carbonyl (C=O) groups excluding carboxylic acids is 4. The molecule has 4 amide bonds. The van der Waals surface area contributed by atoms with E-state index in [9.17, 15) is 19.2 Å². The van der Waals surface area contributed by atoms with Gasteiger partial charge in [-0.25, -0.2) is 19.6 Å². The second-order valence-corrected chi connectivity index (χ2v) is 17.8. The van der Waals surface area contributed by atoms with Crippen molar-refractivity contribution in [2.24, 2.45) is 23.2 Å².